The van der Waals surface area contributed by atoms with Crippen molar-refractivity contribution in [2.75, 3.05) is 30.9 Å². The second-order valence-corrected chi connectivity index (χ2v) is 10.2. The first-order chi connectivity index (χ1) is 18.3. The Morgan fingerprint density at radius 3 is 2.29 bits per heavy atom. The highest BCUT2D eigenvalue weighted by molar-refractivity contribution is 7.86. The molecular formula is C28H25F3N4O2S. The van der Waals surface area contributed by atoms with E-state index in [0.29, 0.717) is 60.0 Å². The van der Waals surface area contributed by atoms with Crippen LogP contribution in [0.25, 0.3) is 10.9 Å². The van der Waals surface area contributed by atoms with E-state index in [-0.39, 0.29) is 11.5 Å². The Labute approximate surface area is 220 Å². The Morgan fingerprint density at radius 1 is 0.947 bits per heavy atom. The summed E-state index contributed by atoms with van der Waals surface area (Å²) < 4.78 is 57.6. The van der Waals surface area contributed by atoms with Crippen LogP contribution in [-0.2, 0) is 11.0 Å². The van der Waals surface area contributed by atoms with Crippen molar-refractivity contribution in [2.24, 2.45) is 0 Å². The Morgan fingerprint density at radius 2 is 1.61 bits per heavy atom. The fraction of sp³-hybridized carbons (Fsp3) is 0.214. The standard InChI is InChI=1S/C28H25F3N4O2S/c1-18(26-23(30)16-21(29)17-24(26)31)34-12-14-35(15-13-34)28(36)20-7-9-22(10-8-20)33-38(37)25-6-2-4-19-5-3-11-32-27(19)25/h2-11,16-18,33H,12-15H2,1H3. The first kappa shape index (κ1) is 25.9. The molecule has 2 heterocycles. The van der Waals surface area contributed by atoms with E-state index < -0.39 is 34.5 Å². The van der Waals surface area contributed by atoms with Gasteiger partial charge in [0.25, 0.3) is 5.91 Å². The molecule has 1 N–H and O–H groups in total. The van der Waals surface area contributed by atoms with Crippen molar-refractivity contribution in [3.05, 3.63) is 102 Å². The van der Waals surface area contributed by atoms with Crippen LogP contribution in [0.3, 0.4) is 0 Å². The zero-order chi connectivity index (χ0) is 26.8. The third kappa shape index (κ3) is 5.27. The van der Waals surface area contributed by atoms with Gasteiger partial charge in [0.05, 0.1) is 10.4 Å². The van der Waals surface area contributed by atoms with E-state index in [1.165, 1.54) is 0 Å². The van der Waals surface area contributed by atoms with Crippen molar-refractivity contribution in [3.8, 4) is 0 Å². The van der Waals surface area contributed by atoms with E-state index in [9.17, 15) is 22.2 Å². The summed E-state index contributed by atoms with van der Waals surface area (Å²) in [4.78, 5) is 21.5. The Bertz CT molecular complexity index is 1480. The quantitative estimate of drug-likeness (QED) is 0.362. The van der Waals surface area contributed by atoms with Crippen LogP contribution in [-0.4, -0.2) is 51.1 Å². The number of hydrogen-bond acceptors (Lipinski definition) is 4. The van der Waals surface area contributed by atoms with E-state index in [1.807, 2.05) is 29.2 Å². The number of fused-ring (bicyclic) bond motifs is 1. The van der Waals surface area contributed by atoms with Crippen molar-refractivity contribution in [1.29, 1.82) is 0 Å². The molecule has 1 aromatic heterocycles. The van der Waals surface area contributed by atoms with E-state index in [0.717, 1.165) is 5.39 Å². The number of carbonyl (C=O) groups excluding carboxylic acids is 1. The van der Waals surface area contributed by atoms with E-state index in [2.05, 4.69) is 9.71 Å². The Kier molecular flexibility index (Phi) is 7.44. The van der Waals surface area contributed by atoms with E-state index >= 15 is 0 Å². The van der Waals surface area contributed by atoms with E-state index in [1.54, 1.807) is 48.4 Å². The molecule has 6 nitrogen and oxygen atoms in total. The minimum absolute atomic E-state index is 0.164. The molecule has 5 rings (SSSR count). The molecule has 10 heteroatoms. The topological polar surface area (TPSA) is 65.5 Å². The summed E-state index contributed by atoms with van der Waals surface area (Å²) in [6.07, 6.45) is 1.66. The smallest absolute Gasteiger partial charge is 0.253 e. The number of aromatic nitrogens is 1. The summed E-state index contributed by atoms with van der Waals surface area (Å²) in [5.41, 5.74) is 1.55. The van der Waals surface area contributed by atoms with Gasteiger partial charge in [-0.15, -0.1) is 0 Å². The first-order valence-corrected chi connectivity index (χ1v) is 13.3. The van der Waals surface area contributed by atoms with Gasteiger partial charge in [-0.05, 0) is 43.3 Å². The summed E-state index contributed by atoms with van der Waals surface area (Å²) in [5, 5.41) is 0.892. The SMILES string of the molecule is CC(c1c(F)cc(F)cc1F)N1CCN(C(=O)c2ccc(NS(=O)c3cccc4cccnc34)cc2)CC1. The normalized spacial score (nSPS) is 15.8. The van der Waals surface area contributed by atoms with Gasteiger partial charge in [0.15, 0.2) is 11.0 Å². The van der Waals surface area contributed by atoms with Crippen LogP contribution >= 0.6 is 0 Å². The number of piperazine rings is 1. The van der Waals surface area contributed by atoms with Crippen LogP contribution < -0.4 is 4.72 Å². The number of amides is 1. The zero-order valence-corrected chi connectivity index (χ0v) is 21.4. The molecule has 2 atom stereocenters. The summed E-state index contributed by atoms with van der Waals surface area (Å²) in [5.74, 6) is -2.95. The molecule has 2 unspecified atom stereocenters. The number of halogens is 3. The molecule has 0 bridgehead atoms. The van der Waals surface area contributed by atoms with Gasteiger partial charge >= 0.3 is 0 Å². The molecule has 1 fully saturated rings. The molecule has 1 aliphatic heterocycles. The van der Waals surface area contributed by atoms with Crippen molar-refractivity contribution < 1.29 is 22.2 Å². The predicted molar refractivity (Wildman–Crippen MR) is 140 cm³/mol. The monoisotopic (exact) mass is 538 g/mol. The van der Waals surface area contributed by atoms with Crippen molar-refractivity contribution >= 4 is 33.5 Å². The third-order valence-electron chi connectivity index (χ3n) is 6.75. The maximum atomic E-state index is 14.2. The molecule has 0 saturated carbocycles. The lowest BCUT2D eigenvalue weighted by atomic mass is 10.0. The fourth-order valence-corrected chi connectivity index (χ4v) is 5.71. The number of anilines is 1. The van der Waals surface area contributed by atoms with Gasteiger partial charge < -0.3 is 9.62 Å². The lowest BCUT2D eigenvalue weighted by Gasteiger charge is -2.38. The number of pyridine rings is 1. The van der Waals surface area contributed by atoms with Crippen molar-refractivity contribution in [1.82, 2.24) is 14.8 Å². The van der Waals surface area contributed by atoms with Gasteiger partial charge in [-0.1, -0.05) is 18.2 Å². The average molecular weight is 539 g/mol. The summed E-state index contributed by atoms with van der Waals surface area (Å²) in [7, 11) is -1.55. The number of nitrogens with one attached hydrogen (secondary N) is 1. The Balaban J connectivity index is 1.20. The number of hydrogen-bond donors (Lipinski definition) is 1. The number of carbonyl (C=O) groups is 1. The van der Waals surface area contributed by atoms with Crippen LogP contribution in [0.5, 0.6) is 0 Å². The summed E-state index contributed by atoms with van der Waals surface area (Å²) in [6.45, 7) is 3.26. The van der Waals surface area contributed by atoms with Gasteiger partial charge in [0.1, 0.15) is 17.5 Å². The fourth-order valence-electron chi connectivity index (χ4n) is 4.70. The number of para-hydroxylation sites is 1. The number of rotatable bonds is 6. The van der Waals surface area contributed by atoms with Crippen LogP contribution in [0.4, 0.5) is 18.9 Å². The lowest BCUT2D eigenvalue weighted by molar-refractivity contribution is 0.0575. The highest BCUT2D eigenvalue weighted by Gasteiger charge is 2.28. The largest absolute Gasteiger partial charge is 0.336 e. The predicted octanol–water partition coefficient (Wildman–Crippen LogP) is 5.31. The maximum absolute atomic E-state index is 14.2. The Hall–Kier alpha value is -3.76. The highest BCUT2D eigenvalue weighted by Crippen LogP contribution is 2.28. The second-order valence-electron chi connectivity index (χ2n) is 9.07. The minimum Gasteiger partial charge on any atom is -0.336 e. The molecule has 1 amide bonds. The van der Waals surface area contributed by atoms with Gasteiger partial charge in [0.2, 0.25) is 0 Å². The van der Waals surface area contributed by atoms with Crippen LogP contribution in [0.1, 0.15) is 28.9 Å². The molecule has 4 aromatic rings. The van der Waals surface area contributed by atoms with Crippen LogP contribution in [0.2, 0.25) is 0 Å². The molecule has 3 aromatic carbocycles. The summed E-state index contributed by atoms with van der Waals surface area (Å²) >= 11 is 0. The van der Waals surface area contributed by atoms with Gasteiger partial charge in [-0.25, -0.2) is 17.4 Å². The van der Waals surface area contributed by atoms with Gasteiger partial charge in [0, 0.05) is 72.8 Å². The average Bonchev–Trinajstić information content (AvgIpc) is 2.92. The second kappa shape index (κ2) is 10.9. The molecule has 38 heavy (non-hydrogen) atoms. The molecule has 0 radical (unpaired) electrons. The van der Waals surface area contributed by atoms with Gasteiger partial charge in [-0.3, -0.25) is 14.7 Å². The maximum Gasteiger partial charge on any atom is 0.253 e. The molecule has 1 saturated heterocycles. The van der Waals surface area contributed by atoms with Gasteiger partial charge in [-0.2, -0.15) is 0 Å². The molecule has 1 aliphatic rings. The minimum atomic E-state index is -1.55. The van der Waals surface area contributed by atoms with Crippen molar-refractivity contribution in [2.45, 2.75) is 17.9 Å². The molecule has 0 spiro atoms. The zero-order valence-electron chi connectivity index (χ0n) is 20.5. The molecule has 196 valence electrons. The number of nitrogens with zero attached hydrogens (tertiary/aromatic N) is 3. The first-order valence-electron chi connectivity index (χ1n) is 12.1. The molecular weight excluding hydrogens is 513 g/mol. The van der Waals surface area contributed by atoms with Crippen LogP contribution in [0.15, 0.2) is 77.8 Å². The van der Waals surface area contributed by atoms with E-state index in [4.69, 9.17) is 0 Å². The summed E-state index contributed by atoms with van der Waals surface area (Å²) in [6, 6.07) is 16.7. The molecule has 0 aliphatic carbocycles. The highest BCUT2D eigenvalue weighted by atomic mass is 32.2. The van der Waals surface area contributed by atoms with Crippen LogP contribution in [0, 0.1) is 17.5 Å². The third-order valence-corrected chi connectivity index (χ3v) is 7.90. The number of benzene rings is 3. The van der Waals surface area contributed by atoms with Crippen molar-refractivity contribution in [3.63, 3.8) is 0 Å². The lowest BCUT2D eigenvalue weighted by Crippen LogP contribution is -2.49.